The lowest BCUT2D eigenvalue weighted by Gasteiger charge is -2.21. The molecule has 1 aromatic heterocycles. The SMILES string of the molecule is Cc1nnc(N(C)Cc2cccc(N(C)C)c2)c(C#N)c1C. The summed E-state index contributed by atoms with van der Waals surface area (Å²) in [4.78, 5) is 4.03. The summed E-state index contributed by atoms with van der Waals surface area (Å²) in [5.41, 5.74) is 4.60. The van der Waals surface area contributed by atoms with Gasteiger partial charge in [0.05, 0.1) is 5.69 Å². The van der Waals surface area contributed by atoms with Gasteiger partial charge >= 0.3 is 0 Å². The highest BCUT2D eigenvalue weighted by atomic mass is 15.2. The van der Waals surface area contributed by atoms with Gasteiger partial charge in [-0.2, -0.15) is 10.4 Å². The standard InChI is InChI=1S/C17H21N5/c1-12-13(2)19-20-17(16(12)10-18)22(5)11-14-7-6-8-15(9-14)21(3)4/h6-9H,11H2,1-5H3. The van der Waals surface area contributed by atoms with Crippen molar-refractivity contribution in [1.29, 1.82) is 5.26 Å². The molecule has 2 aromatic rings. The molecule has 114 valence electrons. The predicted octanol–water partition coefficient (Wildman–Crippen LogP) is 2.67. The van der Waals surface area contributed by atoms with Crippen LogP contribution in [0.3, 0.4) is 0 Å². The van der Waals surface area contributed by atoms with Crippen LogP contribution in [0.15, 0.2) is 24.3 Å². The third-order valence-electron chi connectivity index (χ3n) is 3.76. The average Bonchev–Trinajstić information content (AvgIpc) is 2.49. The second-order valence-electron chi connectivity index (χ2n) is 5.64. The van der Waals surface area contributed by atoms with Crippen molar-refractivity contribution in [3.05, 3.63) is 46.6 Å². The van der Waals surface area contributed by atoms with Gasteiger partial charge in [-0.05, 0) is 37.1 Å². The molecule has 0 aliphatic rings. The van der Waals surface area contributed by atoms with Crippen LogP contribution < -0.4 is 9.80 Å². The minimum Gasteiger partial charge on any atom is -0.378 e. The number of hydrogen-bond acceptors (Lipinski definition) is 5. The van der Waals surface area contributed by atoms with E-state index in [1.165, 1.54) is 0 Å². The summed E-state index contributed by atoms with van der Waals surface area (Å²) in [6.45, 7) is 4.45. The van der Waals surface area contributed by atoms with Crippen LogP contribution >= 0.6 is 0 Å². The highest BCUT2D eigenvalue weighted by Gasteiger charge is 2.15. The first-order chi connectivity index (χ1) is 10.4. The molecule has 0 N–H and O–H groups in total. The van der Waals surface area contributed by atoms with Crippen LogP contribution in [-0.4, -0.2) is 31.3 Å². The molecule has 0 aliphatic heterocycles. The number of anilines is 2. The highest BCUT2D eigenvalue weighted by molar-refractivity contribution is 5.57. The lowest BCUT2D eigenvalue weighted by atomic mass is 10.1. The lowest BCUT2D eigenvalue weighted by molar-refractivity contribution is 0.846. The molecule has 2 rings (SSSR count). The molecule has 22 heavy (non-hydrogen) atoms. The smallest absolute Gasteiger partial charge is 0.169 e. The van der Waals surface area contributed by atoms with E-state index < -0.39 is 0 Å². The predicted molar refractivity (Wildman–Crippen MR) is 89.1 cm³/mol. The van der Waals surface area contributed by atoms with Crippen LogP contribution in [-0.2, 0) is 6.54 Å². The van der Waals surface area contributed by atoms with Gasteiger partial charge in [-0.3, -0.25) is 0 Å². The summed E-state index contributed by atoms with van der Waals surface area (Å²) in [6, 6.07) is 10.6. The van der Waals surface area contributed by atoms with Crippen molar-refractivity contribution in [3.8, 4) is 6.07 Å². The Kier molecular flexibility index (Phi) is 4.62. The van der Waals surface area contributed by atoms with Crippen LogP contribution in [0.4, 0.5) is 11.5 Å². The van der Waals surface area contributed by atoms with Gasteiger partial charge in [0.2, 0.25) is 0 Å². The molecule has 0 fully saturated rings. The van der Waals surface area contributed by atoms with Crippen LogP contribution in [0.1, 0.15) is 22.4 Å². The van der Waals surface area contributed by atoms with Crippen molar-refractivity contribution in [2.45, 2.75) is 20.4 Å². The van der Waals surface area contributed by atoms with E-state index in [1.54, 1.807) is 0 Å². The normalized spacial score (nSPS) is 10.2. The molecule has 1 heterocycles. The second-order valence-corrected chi connectivity index (χ2v) is 5.64. The van der Waals surface area contributed by atoms with E-state index in [-0.39, 0.29) is 0 Å². The molecule has 0 unspecified atom stereocenters. The first kappa shape index (κ1) is 15.8. The Morgan fingerprint density at radius 2 is 1.86 bits per heavy atom. The maximum atomic E-state index is 9.40. The lowest BCUT2D eigenvalue weighted by Crippen LogP contribution is -2.20. The average molecular weight is 295 g/mol. The van der Waals surface area contributed by atoms with E-state index in [0.29, 0.717) is 17.9 Å². The van der Waals surface area contributed by atoms with Crippen molar-refractivity contribution < 1.29 is 0 Å². The molecule has 0 radical (unpaired) electrons. The molecular weight excluding hydrogens is 274 g/mol. The van der Waals surface area contributed by atoms with Crippen molar-refractivity contribution in [2.24, 2.45) is 0 Å². The Hall–Kier alpha value is -2.61. The summed E-state index contributed by atoms with van der Waals surface area (Å²) in [6.07, 6.45) is 0. The molecule has 1 aromatic carbocycles. The van der Waals surface area contributed by atoms with E-state index in [4.69, 9.17) is 0 Å². The third-order valence-corrected chi connectivity index (χ3v) is 3.76. The fourth-order valence-corrected chi connectivity index (χ4v) is 2.28. The Balaban J connectivity index is 2.30. The van der Waals surface area contributed by atoms with E-state index in [1.807, 2.05) is 46.0 Å². The minimum absolute atomic E-state index is 0.596. The van der Waals surface area contributed by atoms with Crippen molar-refractivity contribution >= 4 is 11.5 Å². The molecule has 0 spiro atoms. The summed E-state index contributed by atoms with van der Waals surface area (Å²) in [5, 5.41) is 17.8. The molecule has 0 saturated heterocycles. The zero-order valence-electron chi connectivity index (χ0n) is 13.8. The molecule has 0 saturated carbocycles. The molecule has 0 amide bonds. The molecule has 5 heteroatoms. The van der Waals surface area contributed by atoms with E-state index in [2.05, 4.69) is 39.4 Å². The van der Waals surface area contributed by atoms with Gasteiger partial charge in [0.15, 0.2) is 5.82 Å². The quantitative estimate of drug-likeness (QED) is 0.868. The van der Waals surface area contributed by atoms with Crippen molar-refractivity contribution in [3.63, 3.8) is 0 Å². The zero-order chi connectivity index (χ0) is 16.3. The number of hydrogen-bond donors (Lipinski definition) is 0. The van der Waals surface area contributed by atoms with Gasteiger partial charge in [0.1, 0.15) is 11.6 Å². The number of nitrogens with zero attached hydrogens (tertiary/aromatic N) is 5. The molecular formula is C17H21N5. The van der Waals surface area contributed by atoms with E-state index >= 15 is 0 Å². The van der Waals surface area contributed by atoms with E-state index in [0.717, 1.165) is 22.5 Å². The number of rotatable bonds is 4. The fourth-order valence-electron chi connectivity index (χ4n) is 2.28. The Labute approximate surface area is 131 Å². The molecule has 0 atom stereocenters. The van der Waals surface area contributed by atoms with Crippen LogP contribution in [0, 0.1) is 25.2 Å². The van der Waals surface area contributed by atoms with Crippen molar-refractivity contribution in [2.75, 3.05) is 30.9 Å². The van der Waals surface area contributed by atoms with Gasteiger partial charge in [-0.1, -0.05) is 12.1 Å². The van der Waals surface area contributed by atoms with Crippen LogP contribution in [0.25, 0.3) is 0 Å². The monoisotopic (exact) mass is 295 g/mol. The minimum atomic E-state index is 0.596. The fraction of sp³-hybridized carbons (Fsp3) is 0.353. The largest absolute Gasteiger partial charge is 0.378 e. The Bertz CT molecular complexity index is 715. The first-order valence-electron chi connectivity index (χ1n) is 7.15. The number of aryl methyl sites for hydroxylation is 1. The molecule has 0 bridgehead atoms. The topological polar surface area (TPSA) is 56.1 Å². The maximum absolute atomic E-state index is 9.40. The molecule has 5 nitrogen and oxygen atoms in total. The summed E-state index contributed by atoms with van der Waals surface area (Å²) in [7, 11) is 5.97. The Morgan fingerprint density at radius 3 is 2.50 bits per heavy atom. The van der Waals surface area contributed by atoms with Gasteiger partial charge in [0, 0.05) is 33.4 Å². The summed E-state index contributed by atoms with van der Waals surface area (Å²) in [5.74, 6) is 0.626. The maximum Gasteiger partial charge on any atom is 0.169 e. The zero-order valence-corrected chi connectivity index (χ0v) is 13.8. The number of benzene rings is 1. The third kappa shape index (κ3) is 3.17. The first-order valence-corrected chi connectivity index (χ1v) is 7.15. The van der Waals surface area contributed by atoms with Crippen LogP contribution in [0.5, 0.6) is 0 Å². The Morgan fingerprint density at radius 1 is 1.14 bits per heavy atom. The van der Waals surface area contributed by atoms with Gasteiger partial charge in [0.25, 0.3) is 0 Å². The van der Waals surface area contributed by atoms with Crippen LogP contribution in [0.2, 0.25) is 0 Å². The number of aromatic nitrogens is 2. The van der Waals surface area contributed by atoms with Gasteiger partial charge < -0.3 is 9.80 Å². The second kappa shape index (κ2) is 6.44. The van der Waals surface area contributed by atoms with Crippen molar-refractivity contribution in [1.82, 2.24) is 10.2 Å². The summed E-state index contributed by atoms with van der Waals surface area (Å²) >= 11 is 0. The van der Waals surface area contributed by atoms with E-state index in [9.17, 15) is 5.26 Å². The summed E-state index contributed by atoms with van der Waals surface area (Å²) < 4.78 is 0. The molecule has 0 aliphatic carbocycles. The number of nitriles is 1. The van der Waals surface area contributed by atoms with Gasteiger partial charge in [-0.15, -0.1) is 5.10 Å². The highest BCUT2D eigenvalue weighted by Crippen LogP contribution is 2.22. The van der Waals surface area contributed by atoms with Gasteiger partial charge in [-0.25, -0.2) is 0 Å².